The third-order valence-electron chi connectivity index (χ3n) is 4.82. The van der Waals surface area contributed by atoms with Gasteiger partial charge in [-0.1, -0.05) is 0 Å². The van der Waals surface area contributed by atoms with Crippen molar-refractivity contribution in [1.82, 2.24) is 19.6 Å². The normalized spacial score (nSPS) is 23.7. The number of hydrogen-bond donors (Lipinski definition) is 0. The van der Waals surface area contributed by atoms with Crippen molar-refractivity contribution in [2.24, 2.45) is 7.05 Å². The van der Waals surface area contributed by atoms with Crippen LogP contribution in [0.25, 0.3) is 0 Å². The van der Waals surface area contributed by atoms with Gasteiger partial charge in [-0.05, 0) is 26.2 Å². The highest BCUT2D eigenvalue weighted by atomic mass is 32.2. The summed E-state index contributed by atoms with van der Waals surface area (Å²) in [4.78, 5) is 29.1. The number of carbonyl (C=O) groups is 2. The van der Waals surface area contributed by atoms with Gasteiger partial charge in [0.25, 0.3) is 0 Å². The molecule has 0 spiro atoms. The number of amides is 2. The third-order valence-corrected chi connectivity index (χ3v) is 5.83. The molecule has 1 saturated heterocycles. The number of nitrogens with zero attached hydrogens (tertiary/aromatic N) is 4. The molecular weight excluding hydrogens is 312 g/mol. The molecule has 126 valence electrons. The number of thioether (sulfide) groups is 1. The van der Waals surface area contributed by atoms with E-state index in [2.05, 4.69) is 5.10 Å². The van der Waals surface area contributed by atoms with Gasteiger partial charge >= 0.3 is 0 Å². The molecule has 1 aliphatic carbocycles. The molecule has 3 rings (SSSR count). The van der Waals surface area contributed by atoms with E-state index >= 15 is 0 Å². The van der Waals surface area contributed by atoms with Gasteiger partial charge in [-0.15, -0.1) is 11.8 Å². The molecule has 7 heteroatoms. The number of aryl methyl sites for hydroxylation is 2. The Kier molecular flexibility index (Phi) is 4.66. The van der Waals surface area contributed by atoms with E-state index in [1.807, 2.05) is 20.2 Å². The van der Waals surface area contributed by atoms with Crippen molar-refractivity contribution in [1.29, 1.82) is 0 Å². The molecule has 2 heterocycles. The monoisotopic (exact) mass is 336 g/mol. The summed E-state index contributed by atoms with van der Waals surface area (Å²) in [7, 11) is 3.70. The number of carbonyl (C=O) groups excluding carboxylic acids is 2. The van der Waals surface area contributed by atoms with Crippen LogP contribution in [-0.2, 0) is 23.1 Å². The standard InChI is InChI=1S/C16H24N4O2S/c1-4-18(2)16(22)14-9-23-10-20(14)15(21)11-6-5-7-13-12(11)8-19(3)17-13/h8,11,14H,4-7,9-10H2,1-3H3. The van der Waals surface area contributed by atoms with E-state index in [1.165, 1.54) is 0 Å². The lowest BCUT2D eigenvalue weighted by molar-refractivity contribution is -0.143. The molecule has 1 aliphatic heterocycles. The van der Waals surface area contributed by atoms with E-state index < -0.39 is 0 Å². The van der Waals surface area contributed by atoms with Crippen LogP contribution >= 0.6 is 11.8 Å². The van der Waals surface area contributed by atoms with Gasteiger partial charge in [-0.3, -0.25) is 14.3 Å². The maximum absolute atomic E-state index is 13.1. The van der Waals surface area contributed by atoms with Crippen LogP contribution in [-0.4, -0.2) is 62.7 Å². The topological polar surface area (TPSA) is 58.4 Å². The van der Waals surface area contributed by atoms with Crippen LogP contribution < -0.4 is 0 Å². The van der Waals surface area contributed by atoms with Gasteiger partial charge in [0.1, 0.15) is 6.04 Å². The summed E-state index contributed by atoms with van der Waals surface area (Å²) in [5.41, 5.74) is 2.09. The van der Waals surface area contributed by atoms with Crippen molar-refractivity contribution in [2.45, 2.75) is 38.1 Å². The van der Waals surface area contributed by atoms with Crippen LogP contribution in [0.15, 0.2) is 6.20 Å². The van der Waals surface area contributed by atoms with Gasteiger partial charge in [0.05, 0.1) is 17.5 Å². The Hall–Kier alpha value is -1.50. The highest BCUT2D eigenvalue weighted by Gasteiger charge is 2.40. The molecule has 0 saturated carbocycles. The Morgan fingerprint density at radius 3 is 3.00 bits per heavy atom. The smallest absolute Gasteiger partial charge is 0.245 e. The molecule has 6 nitrogen and oxygen atoms in total. The molecule has 2 atom stereocenters. The molecule has 2 unspecified atom stereocenters. The molecule has 2 amide bonds. The van der Waals surface area contributed by atoms with E-state index in [1.54, 1.807) is 33.3 Å². The van der Waals surface area contributed by atoms with Gasteiger partial charge in [-0.25, -0.2) is 0 Å². The first-order chi connectivity index (χ1) is 11.0. The lowest BCUT2D eigenvalue weighted by Crippen LogP contribution is -2.49. The van der Waals surface area contributed by atoms with Crippen molar-refractivity contribution in [3.8, 4) is 0 Å². The molecule has 1 aromatic rings. The average Bonchev–Trinajstić information content (AvgIpc) is 3.17. The molecule has 0 radical (unpaired) electrons. The predicted octanol–water partition coefficient (Wildman–Crippen LogP) is 1.22. The van der Waals surface area contributed by atoms with E-state index in [4.69, 9.17) is 0 Å². The van der Waals surface area contributed by atoms with Crippen LogP contribution in [0.5, 0.6) is 0 Å². The fourth-order valence-electron chi connectivity index (χ4n) is 3.40. The fourth-order valence-corrected chi connectivity index (χ4v) is 4.55. The van der Waals surface area contributed by atoms with Gasteiger partial charge in [-0.2, -0.15) is 5.10 Å². The zero-order chi connectivity index (χ0) is 16.6. The number of rotatable bonds is 3. The third kappa shape index (κ3) is 2.98. The first-order valence-corrected chi connectivity index (χ1v) is 9.34. The number of likely N-dealkylation sites (N-methyl/N-ethyl adjacent to an activating group) is 1. The van der Waals surface area contributed by atoms with E-state index in [0.29, 0.717) is 18.2 Å². The Morgan fingerprint density at radius 1 is 1.48 bits per heavy atom. The molecule has 1 fully saturated rings. The van der Waals surface area contributed by atoms with E-state index in [9.17, 15) is 9.59 Å². The summed E-state index contributed by atoms with van der Waals surface area (Å²) in [6, 6.07) is -0.320. The second-order valence-corrected chi connectivity index (χ2v) is 7.33. The van der Waals surface area contributed by atoms with Crippen LogP contribution in [0.4, 0.5) is 0 Å². The molecular formula is C16H24N4O2S. The summed E-state index contributed by atoms with van der Waals surface area (Å²) < 4.78 is 1.79. The van der Waals surface area contributed by atoms with Crippen molar-refractivity contribution in [3.05, 3.63) is 17.5 Å². The number of fused-ring (bicyclic) bond motifs is 1. The first kappa shape index (κ1) is 16.4. The molecule has 1 aromatic heterocycles. The quantitative estimate of drug-likeness (QED) is 0.833. The molecule has 0 N–H and O–H groups in total. The Morgan fingerprint density at radius 2 is 2.26 bits per heavy atom. The van der Waals surface area contributed by atoms with Crippen LogP contribution in [0.3, 0.4) is 0 Å². The van der Waals surface area contributed by atoms with E-state index in [-0.39, 0.29) is 23.8 Å². The maximum atomic E-state index is 13.1. The van der Waals surface area contributed by atoms with Crippen molar-refractivity contribution >= 4 is 23.6 Å². The molecule has 2 aliphatic rings. The average molecular weight is 336 g/mol. The second-order valence-electron chi connectivity index (χ2n) is 6.33. The van der Waals surface area contributed by atoms with Crippen LogP contribution in [0.1, 0.15) is 36.9 Å². The maximum Gasteiger partial charge on any atom is 0.245 e. The first-order valence-electron chi connectivity index (χ1n) is 8.18. The Bertz CT molecular complexity index is 615. The number of aromatic nitrogens is 2. The van der Waals surface area contributed by atoms with Gasteiger partial charge in [0, 0.05) is 38.2 Å². The summed E-state index contributed by atoms with van der Waals surface area (Å²) in [6.07, 6.45) is 4.74. The molecule has 0 bridgehead atoms. The second kappa shape index (κ2) is 6.55. The van der Waals surface area contributed by atoms with Crippen molar-refractivity contribution < 1.29 is 9.59 Å². The van der Waals surface area contributed by atoms with Crippen LogP contribution in [0.2, 0.25) is 0 Å². The van der Waals surface area contributed by atoms with Gasteiger partial charge in [0.15, 0.2) is 0 Å². The largest absolute Gasteiger partial charge is 0.344 e. The van der Waals surface area contributed by atoms with Crippen molar-refractivity contribution in [3.63, 3.8) is 0 Å². The summed E-state index contributed by atoms with van der Waals surface area (Å²) in [5.74, 6) is 1.30. The number of hydrogen-bond acceptors (Lipinski definition) is 4. The summed E-state index contributed by atoms with van der Waals surface area (Å²) >= 11 is 1.66. The van der Waals surface area contributed by atoms with Crippen LogP contribution in [0, 0.1) is 0 Å². The zero-order valence-corrected chi connectivity index (χ0v) is 14.8. The SMILES string of the molecule is CCN(C)C(=O)C1CSCN1C(=O)C1CCCc2nn(C)cc21. The fraction of sp³-hybridized carbons (Fsp3) is 0.688. The minimum Gasteiger partial charge on any atom is -0.344 e. The Labute approximate surface area is 141 Å². The lowest BCUT2D eigenvalue weighted by atomic mass is 9.86. The Balaban J connectivity index is 1.81. The minimum atomic E-state index is -0.320. The van der Waals surface area contributed by atoms with Crippen molar-refractivity contribution in [2.75, 3.05) is 25.2 Å². The summed E-state index contributed by atoms with van der Waals surface area (Å²) in [5, 5.41) is 4.47. The minimum absolute atomic E-state index is 0.0491. The molecule has 23 heavy (non-hydrogen) atoms. The lowest BCUT2D eigenvalue weighted by Gasteiger charge is -2.31. The highest BCUT2D eigenvalue weighted by molar-refractivity contribution is 7.99. The zero-order valence-electron chi connectivity index (χ0n) is 14.0. The summed E-state index contributed by atoms with van der Waals surface area (Å²) in [6.45, 7) is 2.62. The predicted molar refractivity (Wildman–Crippen MR) is 90.2 cm³/mol. The van der Waals surface area contributed by atoms with Gasteiger partial charge < -0.3 is 9.80 Å². The van der Waals surface area contributed by atoms with Gasteiger partial charge in [0.2, 0.25) is 11.8 Å². The molecule has 0 aromatic carbocycles. The highest BCUT2D eigenvalue weighted by Crippen LogP contribution is 2.35. The van der Waals surface area contributed by atoms with E-state index in [0.717, 1.165) is 30.5 Å².